The molecule has 0 aliphatic heterocycles. The van der Waals surface area contributed by atoms with Crippen LogP contribution in [0.2, 0.25) is 15.1 Å². The first-order chi connectivity index (χ1) is 16.3. The van der Waals surface area contributed by atoms with Gasteiger partial charge in [0, 0.05) is 42.7 Å². The van der Waals surface area contributed by atoms with E-state index in [1.54, 1.807) is 12.1 Å². The van der Waals surface area contributed by atoms with Crippen LogP contribution in [0, 0.1) is 5.92 Å². The zero-order chi connectivity index (χ0) is 24.2. The Morgan fingerprint density at radius 3 is 2.44 bits per heavy atom. The van der Waals surface area contributed by atoms with Crippen LogP contribution in [-0.4, -0.2) is 42.6 Å². The molecule has 1 saturated carbocycles. The predicted molar refractivity (Wildman–Crippen MR) is 141 cm³/mol. The first-order valence-electron chi connectivity index (χ1n) is 11.4. The maximum atomic E-state index is 12.5. The van der Waals surface area contributed by atoms with Crippen LogP contribution in [0.4, 0.5) is 11.8 Å². The van der Waals surface area contributed by atoms with Gasteiger partial charge in [-0.05, 0) is 55.9 Å². The molecule has 1 amide bonds. The third-order valence-corrected chi connectivity index (χ3v) is 7.45. The van der Waals surface area contributed by atoms with Crippen molar-refractivity contribution in [1.29, 1.82) is 0 Å². The van der Waals surface area contributed by atoms with Gasteiger partial charge < -0.3 is 15.5 Å². The number of halogens is 3. The van der Waals surface area contributed by atoms with Crippen LogP contribution >= 0.6 is 34.8 Å². The van der Waals surface area contributed by atoms with Crippen LogP contribution in [0.5, 0.6) is 0 Å². The Labute approximate surface area is 215 Å². The molecule has 0 bridgehead atoms. The van der Waals surface area contributed by atoms with Crippen molar-refractivity contribution in [2.75, 3.05) is 30.9 Å². The predicted octanol–water partition coefficient (Wildman–Crippen LogP) is 5.99. The highest BCUT2D eigenvalue weighted by Gasteiger charge is 2.23. The fourth-order valence-corrected chi connectivity index (χ4v) is 5.05. The van der Waals surface area contributed by atoms with Crippen LogP contribution in [0.1, 0.15) is 31.2 Å². The molecule has 2 N–H and O–H groups in total. The monoisotopic (exact) mass is 519 g/mol. The van der Waals surface area contributed by atoms with E-state index in [9.17, 15) is 4.79 Å². The molecule has 2 aromatic carbocycles. The molecule has 9 heteroatoms. The lowest BCUT2D eigenvalue weighted by molar-refractivity contribution is -0.120. The normalized spacial score (nSPS) is 18.0. The summed E-state index contributed by atoms with van der Waals surface area (Å²) in [4.78, 5) is 23.9. The standard InChI is InChI=1S/C25H28Cl3N5O/c1-33(2)24-17-5-3-4-6-21(17)31-25(32-24)30-16-9-7-15(8-10-16)14-29-22(34)13-18-19(26)11-12-20(27)23(18)28/h3-6,11-12,15-16H,7-10,13-14H2,1-2H3,(H,29,34)(H,30,31,32). The van der Waals surface area contributed by atoms with Gasteiger partial charge in [0.2, 0.25) is 11.9 Å². The smallest absolute Gasteiger partial charge is 0.225 e. The minimum absolute atomic E-state index is 0.105. The maximum absolute atomic E-state index is 12.5. The van der Waals surface area contributed by atoms with E-state index >= 15 is 0 Å². The molecule has 0 unspecified atom stereocenters. The number of nitrogens with zero attached hydrogens (tertiary/aromatic N) is 3. The molecule has 0 atom stereocenters. The van der Waals surface area contributed by atoms with Gasteiger partial charge >= 0.3 is 0 Å². The lowest BCUT2D eigenvalue weighted by Gasteiger charge is -2.29. The van der Waals surface area contributed by atoms with E-state index in [0.29, 0.717) is 45.1 Å². The second-order valence-electron chi connectivity index (χ2n) is 8.95. The Morgan fingerprint density at radius 1 is 1.00 bits per heavy atom. The number of hydrogen-bond donors (Lipinski definition) is 2. The molecule has 4 rings (SSSR count). The van der Waals surface area contributed by atoms with E-state index in [2.05, 4.69) is 10.6 Å². The summed E-state index contributed by atoms with van der Waals surface area (Å²) in [6.07, 6.45) is 4.15. The largest absolute Gasteiger partial charge is 0.362 e. The van der Waals surface area contributed by atoms with Gasteiger partial charge in [-0.25, -0.2) is 4.98 Å². The molecule has 1 aliphatic carbocycles. The van der Waals surface area contributed by atoms with Gasteiger partial charge in [-0.3, -0.25) is 4.79 Å². The number of aromatic nitrogens is 2. The highest BCUT2D eigenvalue weighted by Crippen LogP contribution is 2.32. The summed E-state index contributed by atoms with van der Waals surface area (Å²) in [6.45, 7) is 0.638. The van der Waals surface area contributed by atoms with E-state index in [0.717, 1.165) is 42.4 Å². The van der Waals surface area contributed by atoms with Crippen molar-refractivity contribution < 1.29 is 4.79 Å². The number of carbonyl (C=O) groups excluding carboxylic acids is 1. The third-order valence-electron chi connectivity index (χ3n) is 6.25. The summed E-state index contributed by atoms with van der Waals surface area (Å²) in [6, 6.07) is 11.7. The number of anilines is 2. The number of rotatable bonds is 7. The van der Waals surface area contributed by atoms with Crippen molar-refractivity contribution in [3.8, 4) is 0 Å². The van der Waals surface area contributed by atoms with Crippen molar-refractivity contribution >= 4 is 63.4 Å². The van der Waals surface area contributed by atoms with E-state index in [4.69, 9.17) is 44.8 Å². The van der Waals surface area contributed by atoms with Crippen LogP contribution in [0.15, 0.2) is 36.4 Å². The molecule has 1 aromatic heterocycles. The van der Waals surface area contributed by atoms with Gasteiger partial charge in [-0.1, -0.05) is 46.9 Å². The Kier molecular flexibility index (Phi) is 8.02. The highest BCUT2D eigenvalue weighted by molar-refractivity contribution is 6.44. The van der Waals surface area contributed by atoms with Crippen molar-refractivity contribution in [1.82, 2.24) is 15.3 Å². The molecule has 180 valence electrons. The van der Waals surface area contributed by atoms with Crippen molar-refractivity contribution in [3.63, 3.8) is 0 Å². The lowest BCUT2D eigenvalue weighted by Crippen LogP contribution is -2.35. The first kappa shape index (κ1) is 24.8. The summed E-state index contributed by atoms with van der Waals surface area (Å²) in [5.41, 5.74) is 1.49. The number of hydrogen-bond acceptors (Lipinski definition) is 5. The Bertz CT molecular complexity index is 1180. The number of carbonyl (C=O) groups is 1. The molecule has 1 fully saturated rings. The number of para-hydroxylation sites is 1. The SMILES string of the molecule is CN(C)c1nc(NC2CCC(CNC(=O)Cc3c(Cl)ccc(Cl)c3Cl)CC2)nc2ccccc12. The van der Waals surface area contributed by atoms with E-state index in [1.165, 1.54) is 0 Å². The summed E-state index contributed by atoms with van der Waals surface area (Å²) in [5, 5.41) is 8.78. The Hall–Kier alpha value is -2.28. The van der Waals surface area contributed by atoms with Gasteiger partial charge in [-0.2, -0.15) is 4.98 Å². The van der Waals surface area contributed by atoms with Crippen LogP contribution in [0.3, 0.4) is 0 Å². The topological polar surface area (TPSA) is 70.2 Å². The molecule has 0 spiro atoms. The van der Waals surface area contributed by atoms with E-state index < -0.39 is 0 Å². The number of benzene rings is 2. The molecule has 1 heterocycles. The average Bonchev–Trinajstić information content (AvgIpc) is 2.83. The maximum Gasteiger partial charge on any atom is 0.225 e. The zero-order valence-corrected chi connectivity index (χ0v) is 21.5. The lowest BCUT2D eigenvalue weighted by atomic mass is 9.86. The van der Waals surface area contributed by atoms with Gasteiger partial charge in [0.05, 0.1) is 22.0 Å². The number of fused-ring (bicyclic) bond motifs is 1. The highest BCUT2D eigenvalue weighted by atomic mass is 35.5. The zero-order valence-electron chi connectivity index (χ0n) is 19.2. The van der Waals surface area contributed by atoms with Crippen LogP contribution in [-0.2, 0) is 11.2 Å². The van der Waals surface area contributed by atoms with Gasteiger partial charge in [-0.15, -0.1) is 0 Å². The molecule has 0 saturated heterocycles. The second-order valence-corrected chi connectivity index (χ2v) is 10.1. The van der Waals surface area contributed by atoms with Gasteiger partial charge in [0.1, 0.15) is 5.82 Å². The van der Waals surface area contributed by atoms with Crippen LogP contribution < -0.4 is 15.5 Å². The summed E-state index contributed by atoms with van der Waals surface area (Å²) >= 11 is 18.5. The van der Waals surface area contributed by atoms with E-state index in [1.807, 2.05) is 43.3 Å². The summed E-state index contributed by atoms with van der Waals surface area (Å²) in [7, 11) is 3.98. The molecule has 1 aliphatic rings. The van der Waals surface area contributed by atoms with E-state index in [-0.39, 0.29) is 12.3 Å². The Morgan fingerprint density at radius 2 is 1.71 bits per heavy atom. The van der Waals surface area contributed by atoms with Crippen LogP contribution in [0.25, 0.3) is 10.9 Å². The quantitative estimate of drug-likeness (QED) is 0.375. The molecule has 3 aromatic rings. The molecule has 0 radical (unpaired) electrons. The van der Waals surface area contributed by atoms with Crippen molar-refractivity contribution in [3.05, 3.63) is 57.0 Å². The molecule has 6 nitrogen and oxygen atoms in total. The Balaban J connectivity index is 1.29. The van der Waals surface area contributed by atoms with Crippen molar-refractivity contribution in [2.45, 2.75) is 38.1 Å². The fraction of sp³-hybridized carbons (Fsp3) is 0.400. The minimum Gasteiger partial charge on any atom is -0.362 e. The molecule has 34 heavy (non-hydrogen) atoms. The number of amides is 1. The summed E-state index contributed by atoms with van der Waals surface area (Å²) < 4.78 is 0. The minimum atomic E-state index is -0.105. The first-order valence-corrected chi connectivity index (χ1v) is 12.5. The molecular weight excluding hydrogens is 493 g/mol. The van der Waals surface area contributed by atoms with Gasteiger partial charge in [0.15, 0.2) is 0 Å². The average molecular weight is 521 g/mol. The number of nitrogens with one attached hydrogen (secondary N) is 2. The van der Waals surface area contributed by atoms with Crippen molar-refractivity contribution in [2.24, 2.45) is 5.92 Å². The van der Waals surface area contributed by atoms with Gasteiger partial charge in [0.25, 0.3) is 0 Å². The summed E-state index contributed by atoms with van der Waals surface area (Å²) in [5.74, 6) is 1.90. The second kappa shape index (κ2) is 11.0. The third kappa shape index (κ3) is 5.85. The molecular formula is C25H28Cl3N5O. The fourth-order valence-electron chi connectivity index (χ4n) is 4.37.